The van der Waals surface area contributed by atoms with Crippen LogP contribution in [0.2, 0.25) is 0 Å². The van der Waals surface area contributed by atoms with Crippen LogP contribution in [0.15, 0.2) is 12.7 Å². The Balaban J connectivity index is 3.74. The Labute approximate surface area is 115 Å². The van der Waals surface area contributed by atoms with Gasteiger partial charge < -0.3 is 19.3 Å². The zero-order valence-electron chi connectivity index (χ0n) is 12.2. The van der Waals surface area contributed by atoms with Gasteiger partial charge in [0, 0.05) is 12.7 Å². The van der Waals surface area contributed by atoms with E-state index in [1.165, 1.54) is 6.08 Å². The summed E-state index contributed by atoms with van der Waals surface area (Å²) in [6.45, 7) is 11.1. The van der Waals surface area contributed by atoms with Crippen molar-refractivity contribution in [2.75, 3.05) is 33.0 Å². The Morgan fingerprint density at radius 2 is 1.84 bits per heavy atom. The van der Waals surface area contributed by atoms with Gasteiger partial charge in [0.2, 0.25) is 0 Å². The fraction of sp³-hybridized carbons (Fsp3) is 0.786. The number of aliphatic hydroxyl groups excluding tert-OH is 1. The van der Waals surface area contributed by atoms with E-state index in [1.54, 1.807) is 0 Å². The van der Waals surface area contributed by atoms with Crippen molar-refractivity contribution < 1.29 is 24.1 Å². The van der Waals surface area contributed by atoms with Gasteiger partial charge >= 0.3 is 5.97 Å². The molecule has 5 heteroatoms. The molecule has 112 valence electrons. The fourth-order valence-electron chi connectivity index (χ4n) is 1.40. The molecule has 0 aliphatic carbocycles. The third-order valence-corrected chi connectivity index (χ3v) is 3.02. The Hall–Kier alpha value is -0.910. The van der Waals surface area contributed by atoms with Crippen molar-refractivity contribution in [2.45, 2.75) is 32.8 Å². The maximum Gasteiger partial charge on any atom is 0.330 e. The highest BCUT2D eigenvalue weighted by atomic mass is 16.6. The van der Waals surface area contributed by atoms with Crippen LogP contribution in [0, 0.1) is 5.92 Å². The van der Waals surface area contributed by atoms with Gasteiger partial charge in [-0.25, -0.2) is 4.79 Å². The SMILES string of the molecule is C=CC(=O)OC(C)(C)C(C)CCOCCOCCO. The monoisotopic (exact) mass is 274 g/mol. The predicted octanol–water partition coefficient (Wildman–Crippen LogP) is 1.55. The van der Waals surface area contributed by atoms with Gasteiger partial charge in [-0.05, 0) is 26.2 Å². The second kappa shape index (κ2) is 9.95. The van der Waals surface area contributed by atoms with Gasteiger partial charge in [-0.15, -0.1) is 0 Å². The highest BCUT2D eigenvalue weighted by Gasteiger charge is 2.28. The van der Waals surface area contributed by atoms with E-state index in [0.29, 0.717) is 26.4 Å². The molecule has 1 atom stereocenters. The second-order valence-corrected chi connectivity index (χ2v) is 4.87. The summed E-state index contributed by atoms with van der Waals surface area (Å²) < 4.78 is 15.8. The van der Waals surface area contributed by atoms with E-state index in [0.717, 1.165) is 6.42 Å². The van der Waals surface area contributed by atoms with Crippen molar-refractivity contribution in [3.8, 4) is 0 Å². The summed E-state index contributed by atoms with van der Waals surface area (Å²) in [7, 11) is 0. The largest absolute Gasteiger partial charge is 0.456 e. The van der Waals surface area contributed by atoms with Gasteiger partial charge in [0.15, 0.2) is 0 Å². The Morgan fingerprint density at radius 3 is 2.37 bits per heavy atom. The van der Waals surface area contributed by atoms with Gasteiger partial charge in [-0.1, -0.05) is 13.5 Å². The van der Waals surface area contributed by atoms with Gasteiger partial charge in [-0.3, -0.25) is 0 Å². The first-order valence-electron chi connectivity index (χ1n) is 6.55. The lowest BCUT2D eigenvalue weighted by Crippen LogP contribution is -2.35. The molecule has 0 saturated heterocycles. The molecule has 0 radical (unpaired) electrons. The van der Waals surface area contributed by atoms with Gasteiger partial charge in [-0.2, -0.15) is 0 Å². The normalized spacial score (nSPS) is 13.1. The summed E-state index contributed by atoms with van der Waals surface area (Å²) in [5.74, 6) is -0.232. The molecule has 5 nitrogen and oxygen atoms in total. The first-order chi connectivity index (χ1) is 8.94. The second-order valence-electron chi connectivity index (χ2n) is 4.87. The van der Waals surface area contributed by atoms with E-state index in [2.05, 4.69) is 6.58 Å². The van der Waals surface area contributed by atoms with Crippen molar-refractivity contribution in [1.29, 1.82) is 0 Å². The zero-order valence-corrected chi connectivity index (χ0v) is 12.2. The molecule has 0 saturated carbocycles. The van der Waals surface area contributed by atoms with E-state index in [9.17, 15) is 4.79 Å². The number of rotatable bonds is 11. The summed E-state index contributed by atoms with van der Waals surface area (Å²) in [4.78, 5) is 11.2. The minimum Gasteiger partial charge on any atom is -0.456 e. The molecule has 0 aliphatic heterocycles. The third kappa shape index (κ3) is 8.75. The number of esters is 1. The molecule has 1 N–H and O–H groups in total. The van der Waals surface area contributed by atoms with Crippen molar-refractivity contribution in [3.63, 3.8) is 0 Å². The number of hydrogen-bond donors (Lipinski definition) is 1. The number of ether oxygens (including phenoxy) is 3. The number of carbonyl (C=O) groups is 1. The summed E-state index contributed by atoms with van der Waals surface area (Å²) in [5.41, 5.74) is -0.540. The van der Waals surface area contributed by atoms with Crippen molar-refractivity contribution in [3.05, 3.63) is 12.7 Å². The molecular weight excluding hydrogens is 248 g/mol. The molecule has 0 bridgehead atoms. The summed E-state index contributed by atoms with van der Waals surface area (Å²) >= 11 is 0. The summed E-state index contributed by atoms with van der Waals surface area (Å²) in [6, 6.07) is 0. The molecule has 0 aromatic heterocycles. The van der Waals surface area contributed by atoms with Crippen molar-refractivity contribution in [2.24, 2.45) is 5.92 Å². The standard InChI is InChI=1S/C14H26O5/c1-5-13(16)19-14(3,4)12(2)6-8-17-10-11-18-9-7-15/h5,12,15H,1,6-11H2,2-4H3. The van der Waals surface area contributed by atoms with E-state index >= 15 is 0 Å². The van der Waals surface area contributed by atoms with Crippen molar-refractivity contribution in [1.82, 2.24) is 0 Å². The lowest BCUT2D eigenvalue weighted by Gasteiger charge is -2.31. The maximum absolute atomic E-state index is 11.2. The zero-order chi connectivity index (χ0) is 14.7. The molecule has 0 aromatic carbocycles. The Kier molecular flexibility index (Phi) is 9.47. The first kappa shape index (κ1) is 18.1. The maximum atomic E-state index is 11.2. The predicted molar refractivity (Wildman–Crippen MR) is 72.9 cm³/mol. The van der Waals surface area contributed by atoms with Crippen LogP contribution in [0.5, 0.6) is 0 Å². The summed E-state index contributed by atoms with van der Waals surface area (Å²) in [5, 5.41) is 8.51. The van der Waals surface area contributed by atoms with Crippen LogP contribution in [0.25, 0.3) is 0 Å². The van der Waals surface area contributed by atoms with Crippen LogP contribution in [0.1, 0.15) is 27.2 Å². The average Bonchev–Trinajstić information content (AvgIpc) is 2.36. The molecule has 0 aromatic rings. The lowest BCUT2D eigenvalue weighted by molar-refractivity contribution is -0.155. The lowest BCUT2D eigenvalue weighted by atomic mass is 9.90. The highest BCUT2D eigenvalue weighted by molar-refractivity contribution is 5.81. The van der Waals surface area contributed by atoms with Crippen LogP contribution in [-0.2, 0) is 19.0 Å². The fourth-order valence-corrected chi connectivity index (χ4v) is 1.40. The Morgan fingerprint density at radius 1 is 1.26 bits per heavy atom. The van der Waals surface area contributed by atoms with Crippen molar-refractivity contribution >= 4 is 5.97 Å². The minimum absolute atomic E-state index is 0.0277. The van der Waals surface area contributed by atoms with E-state index in [4.69, 9.17) is 19.3 Å². The van der Waals surface area contributed by atoms with Crippen LogP contribution < -0.4 is 0 Å². The molecule has 0 rings (SSSR count). The van der Waals surface area contributed by atoms with E-state index in [-0.39, 0.29) is 12.5 Å². The number of aliphatic hydroxyl groups is 1. The molecule has 0 spiro atoms. The van der Waals surface area contributed by atoms with E-state index < -0.39 is 11.6 Å². The van der Waals surface area contributed by atoms with E-state index in [1.807, 2.05) is 20.8 Å². The summed E-state index contributed by atoms with van der Waals surface area (Å²) in [6.07, 6.45) is 1.96. The van der Waals surface area contributed by atoms with Crippen LogP contribution in [0.4, 0.5) is 0 Å². The van der Waals surface area contributed by atoms with Crippen LogP contribution >= 0.6 is 0 Å². The number of hydrogen-bond acceptors (Lipinski definition) is 5. The van der Waals surface area contributed by atoms with Crippen LogP contribution in [-0.4, -0.2) is 49.7 Å². The highest BCUT2D eigenvalue weighted by Crippen LogP contribution is 2.24. The molecule has 0 heterocycles. The molecule has 0 fully saturated rings. The molecule has 19 heavy (non-hydrogen) atoms. The number of carbonyl (C=O) groups excluding carboxylic acids is 1. The Bertz CT molecular complexity index is 263. The minimum atomic E-state index is -0.540. The van der Waals surface area contributed by atoms with Crippen LogP contribution in [0.3, 0.4) is 0 Å². The molecular formula is C14H26O5. The quantitative estimate of drug-likeness (QED) is 0.352. The van der Waals surface area contributed by atoms with Gasteiger partial charge in [0.05, 0.1) is 26.4 Å². The van der Waals surface area contributed by atoms with Gasteiger partial charge in [0.1, 0.15) is 5.60 Å². The molecule has 0 aliphatic rings. The topological polar surface area (TPSA) is 65.0 Å². The first-order valence-corrected chi connectivity index (χ1v) is 6.55. The third-order valence-electron chi connectivity index (χ3n) is 3.02. The molecule has 0 amide bonds. The smallest absolute Gasteiger partial charge is 0.330 e. The van der Waals surface area contributed by atoms with Gasteiger partial charge in [0.25, 0.3) is 0 Å². The average molecular weight is 274 g/mol. The molecule has 1 unspecified atom stereocenters.